The first-order chi connectivity index (χ1) is 8.84. The van der Waals surface area contributed by atoms with Gasteiger partial charge in [0.1, 0.15) is 12.1 Å². The first-order valence-electron chi connectivity index (χ1n) is 6.43. The number of carbonyl (C=O) groups is 2. The van der Waals surface area contributed by atoms with Crippen LogP contribution in [0, 0.1) is 5.92 Å². The molecule has 0 heterocycles. The molecule has 0 saturated carbocycles. The van der Waals surface area contributed by atoms with E-state index in [9.17, 15) is 9.59 Å². The molecule has 0 aliphatic carbocycles. The zero-order valence-corrected chi connectivity index (χ0v) is 12.2. The van der Waals surface area contributed by atoms with Crippen LogP contribution in [0.1, 0.15) is 34.6 Å². The Morgan fingerprint density at radius 1 is 1.16 bits per heavy atom. The number of aliphatic carboxylic acids is 1. The van der Waals surface area contributed by atoms with Gasteiger partial charge in [-0.2, -0.15) is 0 Å². The fourth-order valence-electron chi connectivity index (χ4n) is 1.45. The van der Waals surface area contributed by atoms with E-state index in [1.807, 2.05) is 13.8 Å². The van der Waals surface area contributed by atoms with Crippen LogP contribution in [-0.2, 0) is 19.3 Å². The molecule has 112 valence electrons. The van der Waals surface area contributed by atoms with Crippen molar-refractivity contribution in [2.24, 2.45) is 5.92 Å². The highest BCUT2D eigenvalue weighted by Crippen LogP contribution is 2.13. The average Bonchev–Trinajstić information content (AvgIpc) is 2.28. The fourth-order valence-corrected chi connectivity index (χ4v) is 1.45. The van der Waals surface area contributed by atoms with Gasteiger partial charge in [0.15, 0.2) is 0 Å². The van der Waals surface area contributed by atoms with E-state index in [1.165, 1.54) is 6.92 Å². The number of carboxylic acids is 1. The van der Waals surface area contributed by atoms with Gasteiger partial charge in [0.05, 0.1) is 13.2 Å². The molecule has 0 aliphatic rings. The third-order valence-corrected chi connectivity index (χ3v) is 2.37. The molecule has 0 rings (SSSR count). The predicted molar refractivity (Wildman–Crippen MR) is 69.0 cm³/mol. The third kappa shape index (κ3) is 6.00. The number of hydrogen-bond donors (Lipinski definition) is 2. The Balaban J connectivity index is 4.85. The maximum Gasteiger partial charge on any atom is 0.325 e. The van der Waals surface area contributed by atoms with Crippen molar-refractivity contribution in [1.29, 1.82) is 0 Å². The van der Waals surface area contributed by atoms with Crippen LogP contribution >= 0.6 is 0 Å². The zero-order valence-electron chi connectivity index (χ0n) is 12.2. The fraction of sp³-hybridized carbons (Fsp3) is 0.833. The Morgan fingerprint density at radius 2 is 1.63 bits per heavy atom. The molecule has 19 heavy (non-hydrogen) atoms. The minimum atomic E-state index is -1.09. The number of nitrogens with zero attached hydrogens (tertiary/aromatic N) is 1. The molecule has 2 N–H and O–H groups in total. The van der Waals surface area contributed by atoms with Gasteiger partial charge in [-0.05, 0) is 26.7 Å². The van der Waals surface area contributed by atoms with Gasteiger partial charge < -0.3 is 10.4 Å². The monoisotopic (exact) mass is 276 g/mol. The third-order valence-electron chi connectivity index (χ3n) is 2.37. The largest absolute Gasteiger partial charge is 0.480 e. The molecule has 0 fully saturated rings. The molecule has 0 aromatic heterocycles. The lowest BCUT2D eigenvalue weighted by atomic mass is 10.0. The van der Waals surface area contributed by atoms with Crippen molar-refractivity contribution < 1.29 is 24.4 Å². The second kappa shape index (κ2) is 8.84. The smallest absolute Gasteiger partial charge is 0.325 e. The summed E-state index contributed by atoms with van der Waals surface area (Å²) in [6.45, 7) is 9.34. The molecular weight excluding hydrogens is 252 g/mol. The van der Waals surface area contributed by atoms with E-state index in [1.54, 1.807) is 13.8 Å². The second-order valence-electron chi connectivity index (χ2n) is 4.38. The lowest BCUT2D eigenvalue weighted by molar-refractivity contribution is -0.383. The van der Waals surface area contributed by atoms with Gasteiger partial charge in [-0.1, -0.05) is 19.1 Å². The Morgan fingerprint density at radius 3 is 1.95 bits per heavy atom. The molecule has 7 nitrogen and oxygen atoms in total. The molecule has 0 bridgehead atoms. The van der Waals surface area contributed by atoms with Gasteiger partial charge in [0.25, 0.3) is 0 Å². The number of hydroxylamine groups is 2. The van der Waals surface area contributed by atoms with E-state index in [0.29, 0.717) is 13.2 Å². The van der Waals surface area contributed by atoms with E-state index >= 15 is 0 Å². The number of carboxylic acid groups (broad SMARTS) is 1. The van der Waals surface area contributed by atoms with Gasteiger partial charge in [-0.25, -0.2) is 0 Å². The maximum absolute atomic E-state index is 12.1. The highest BCUT2D eigenvalue weighted by atomic mass is 16.9. The topological polar surface area (TPSA) is 88.1 Å². The summed E-state index contributed by atoms with van der Waals surface area (Å²) >= 11 is 0. The molecule has 0 aliphatic heterocycles. The van der Waals surface area contributed by atoms with Gasteiger partial charge in [-0.15, -0.1) is 0 Å². The average molecular weight is 276 g/mol. The minimum absolute atomic E-state index is 0.0981. The molecule has 0 aromatic rings. The summed E-state index contributed by atoms with van der Waals surface area (Å²) in [6, 6.07) is -1.67. The molecule has 0 radical (unpaired) electrons. The van der Waals surface area contributed by atoms with Crippen LogP contribution in [0.3, 0.4) is 0 Å². The first-order valence-corrected chi connectivity index (χ1v) is 6.43. The number of hydrogen-bond acceptors (Lipinski definition) is 5. The Bertz CT molecular complexity index is 290. The van der Waals surface area contributed by atoms with Crippen LogP contribution in [0.25, 0.3) is 0 Å². The van der Waals surface area contributed by atoms with E-state index in [-0.39, 0.29) is 5.92 Å². The van der Waals surface area contributed by atoms with Crippen molar-refractivity contribution in [3.63, 3.8) is 0 Å². The van der Waals surface area contributed by atoms with E-state index < -0.39 is 24.0 Å². The molecule has 0 aromatic carbocycles. The van der Waals surface area contributed by atoms with Crippen LogP contribution in [-0.4, -0.2) is 47.5 Å². The van der Waals surface area contributed by atoms with Crippen molar-refractivity contribution in [3.05, 3.63) is 0 Å². The summed E-state index contributed by atoms with van der Waals surface area (Å²) in [7, 11) is 0. The summed E-state index contributed by atoms with van der Waals surface area (Å²) in [4.78, 5) is 33.4. The van der Waals surface area contributed by atoms with Crippen molar-refractivity contribution in [1.82, 2.24) is 10.5 Å². The predicted octanol–water partition coefficient (Wildman–Crippen LogP) is 0.805. The van der Waals surface area contributed by atoms with Crippen LogP contribution in [0.4, 0.5) is 0 Å². The first kappa shape index (κ1) is 17.8. The standard InChI is InChI=1S/C12H24N2O5/c1-6-18-14(19-7-2)10(8(3)4)11(15)13-9(5)12(16)17/h8-10H,6-7H2,1-5H3,(H,13,15)(H,16,17). The molecule has 0 saturated heterocycles. The highest BCUT2D eigenvalue weighted by Gasteiger charge is 2.32. The Labute approximate surface area is 113 Å². The van der Waals surface area contributed by atoms with Gasteiger partial charge in [0, 0.05) is 0 Å². The molecule has 7 heteroatoms. The van der Waals surface area contributed by atoms with Crippen LogP contribution in [0.15, 0.2) is 0 Å². The van der Waals surface area contributed by atoms with E-state index in [4.69, 9.17) is 14.8 Å². The Hall–Kier alpha value is -1.18. The molecule has 0 spiro atoms. The minimum Gasteiger partial charge on any atom is -0.480 e. The maximum atomic E-state index is 12.1. The molecule has 1 amide bonds. The SMILES string of the molecule is CCON(OCC)C(C(=O)NC(C)C(=O)O)C(C)C. The summed E-state index contributed by atoms with van der Waals surface area (Å²) in [5.41, 5.74) is 0. The van der Waals surface area contributed by atoms with Crippen LogP contribution in [0.2, 0.25) is 0 Å². The molecule has 2 unspecified atom stereocenters. The molecular formula is C12H24N2O5. The van der Waals surface area contributed by atoms with Gasteiger partial charge >= 0.3 is 5.97 Å². The quantitative estimate of drug-likeness (QED) is 0.606. The number of carbonyl (C=O) groups excluding carboxylic acids is 1. The number of rotatable bonds is 9. The van der Waals surface area contributed by atoms with Crippen LogP contribution < -0.4 is 5.32 Å². The van der Waals surface area contributed by atoms with Gasteiger partial charge in [-0.3, -0.25) is 19.3 Å². The number of amides is 1. The van der Waals surface area contributed by atoms with Crippen molar-refractivity contribution >= 4 is 11.9 Å². The summed E-state index contributed by atoms with van der Waals surface area (Å²) in [5, 5.41) is 12.4. The van der Waals surface area contributed by atoms with Crippen molar-refractivity contribution in [2.45, 2.75) is 46.7 Å². The number of nitrogens with one attached hydrogen (secondary N) is 1. The van der Waals surface area contributed by atoms with Crippen LogP contribution in [0.5, 0.6) is 0 Å². The van der Waals surface area contributed by atoms with E-state index in [2.05, 4.69) is 5.32 Å². The van der Waals surface area contributed by atoms with E-state index in [0.717, 1.165) is 5.23 Å². The highest BCUT2D eigenvalue weighted by molar-refractivity contribution is 5.86. The van der Waals surface area contributed by atoms with Crippen molar-refractivity contribution in [3.8, 4) is 0 Å². The summed E-state index contributed by atoms with van der Waals surface area (Å²) in [5.74, 6) is -1.62. The normalized spacial score (nSPS) is 14.5. The lowest BCUT2D eigenvalue weighted by Gasteiger charge is -2.30. The Kier molecular flexibility index (Phi) is 8.29. The second-order valence-corrected chi connectivity index (χ2v) is 4.38. The lowest BCUT2D eigenvalue weighted by Crippen LogP contribution is -2.53. The summed E-state index contributed by atoms with van der Waals surface area (Å²) < 4.78 is 0. The summed E-state index contributed by atoms with van der Waals surface area (Å²) in [6.07, 6.45) is 0. The zero-order chi connectivity index (χ0) is 15.0. The van der Waals surface area contributed by atoms with Gasteiger partial charge in [0.2, 0.25) is 5.91 Å². The van der Waals surface area contributed by atoms with Crippen molar-refractivity contribution in [2.75, 3.05) is 13.2 Å². The molecule has 2 atom stereocenters.